The van der Waals surface area contributed by atoms with Crippen LogP contribution in [0, 0.1) is 17.7 Å². The van der Waals surface area contributed by atoms with Crippen molar-refractivity contribution in [2.75, 3.05) is 0 Å². The number of benzene rings is 1. The SMILES string of the molecule is CC(C)(O)C(C)(C)c1cc(OC2=[N+]=C3C(=C2)CC2CC32)ccc1F. The molecule has 4 heteroatoms. The van der Waals surface area contributed by atoms with Crippen LogP contribution in [-0.2, 0) is 5.41 Å². The largest absolute Gasteiger partial charge is 0.493 e. The summed E-state index contributed by atoms with van der Waals surface area (Å²) in [5.41, 5.74) is 1.11. The van der Waals surface area contributed by atoms with Gasteiger partial charge in [0.1, 0.15) is 11.6 Å². The summed E-state index contributed by atoms with van der Waals surface area (Å²) in [5.74, 6) is 2.24. The van der Waals surface area contributed by atoms with Crippen LogP contribution in [0.3, 0.4) is 0 Å². The van der Waals surface area contributed by atoms with Gasteiger partial charge >= 0.3 is 11.6 Å². The van der Waals surface area contributed by atoms with E-state index in [1.165, 1.54) is 23.8 Å². The van der Waals surface area contributed by atoms with Crippen molar-refractivity contribution in [2.45, 2.75) is 51.6 Å². The second kappa shape index (κ2) is 4.81. The van der Waals surface area contributed by atoms with Crippen LogP contribution >= 0.6 is 0 Å². The van der Waals surface area contributed by atoms with Gasteiger partial charge in [0.25, 0.3) is 0 Å². The molecule has 0 saturated heterocycles. The molecular formula is C20H23FNO2+. The minimum absolute atomic E-state index is 0.340. The first-order valence-electron chi connectivity index (χ1n) is 8.53. The molecule has 1 heterocycles. The van der Waals surface area contributed by atoms with Crippen molar-refractivity contribution in [3.05, 3.63) is 41.2 Å². The molecule has 1 aromatic rings. The maximum absolute atomic E-state index is 14.3. The predicted molar refractivity (Wildman–Crippen MR) is 92.8 cm³/mol. The highest BCUT2D eigenvalue weighted by Gasteiger charge is 2.57. The van der Waals surface area contributed by atoms with E-state index in [0.717, 1.165) is 12.3 Å². The monoisotopic (exact) mass is 328 g/mol. The van der Waals surface area contributed by atoms with Gasteiger partial charge < -0.3 is 9.84 Å². The van der Waals surface area contributed by atoms with Gasteiger partial charge in [0, 0.05) is 11.0 Å². The lowest BCUT2D eigenvalue weighted by Gasteiger charge is -2.38. The fraction of sp³-hybridized carbons (Fsp3) is 0.500. The second-order valence-electron chi connectivity index (χ2n) is 8.24. The molecule has 4 rings (SSSR count). The van der Waals surface area contributed by atoms with Crippen LogP contribution in [0.2, 0.25) is 0 Å². The molecule has 2 aliphatic carbocycles. The number of ether oxygens (including phenoxy) is 1. The maximum Gasteiger partial charge on any atom is 0.493 e. The summed E-state index contributed by atoms with van der Waals surface area (Å²) in [6, 6.07) is 4.68. The van der Waals surface area contributed by atoms with Gasteiger partial charge in [0.2, 0.25) is 0 Å². The summed E-state index contributed by atoms with van der Waals surface area (Å²) in [7, 11) is 0. The number of aliphatic hydroxyl groups is 1. The number of nitrogens with zero attached hydrogens (tertiary/aromatic N) is 1. The first kappa shape index (κ1) is 15.6. The van der Waals surface area contributed by atoms with Crippen LogP contribution in [0.4, 0.5) is 4.39 Å². The molecular weight excluding hydrogens is 305 g/mol. The summed E-state index contributed by atoms with van der Waals surface area (Å²) < 4.78 is 24.8. The van der Waals surface area contributed by atoms with E-state index in [1.807, 2.05) is 19.9 Å². The van der Waals surface area contributed by atoms with Crippen LogP contribution in [0.15, 0.2) is 29.8 Å². The first-order chi connectivity index (χ1) is 11.2. The molecule has 0 radical (unpaired) electrons. The molecule has 1 aromatic carbocycles. The summed E-state index contributed by atoms with van der Waals surface area (Å²) in [6.07, 6.45) is 4.37. The van der Waals surface area contributed by atoms with E-state index in [4.69, 9.17) is 4.74 Å². The Hall–Kier alpha value is -1.90. The smallest absolute Gasteiger partial charge is 0.393 e. The molecule has 0 aromatic heterocycles. The molecule has 2 saturated carbocycles. The molecule has 2 atom stereocenters. The highest BCUT2D eigenvalue weighted by Crippen LogP contribution is 2.52. The van der Waals surface area contributed by atoms with Crippen molar-refractivity contribution in [3.63, 3.8) is 0 Å². The van der Waals surface area contributed by atoms with Crippen molar-refractivity contribution >= 4 is 11.6 Å². The number of hydrogen-bond donors (Lipinski definition) is 1. The van der Waals surface area contributed by atoms with Gasteiger partial charge in [-0.3, -0.25) is 0 Å². The van der Waals surface area contributed by atoms with Crippen molar-refractivity contribution in [1.82, 2.24) is 4.67 Å². The molecule has 2 fully saturated rings. The van der Waals surface area contributed by atoms with Crippen molar-refractivity contribution in [2.24, 2.45) is 11.8 Å². The predicted octanol–water partition coefficient (Wildman–Crippen LogP) is 3.14. The zero-order valence-corrected chi connectivity index (χ0v) is 14.6. The molecule has 24 heavy (non-hydrogen) atoms. The minimum atomic E-state index is -1.06. The van der Waals surface area contributed by atoms with Crippen LogP contribution in [-0.4, -0.2) is 22.3 Å². The van der Waals surface area contributed by atoms with Crippen LogP contribution in [0.1, 0.15) is 46.1 Å². The highest BCUT2D eigenvalue weighted by molar-refractivity contribution is 6.15. The third-order valence-electron chi connectivity index (χ3n) is 5.98. The Bertz CT molecular complexity index is 823. The summed E-state index contributed by atoms with van der Waals surface area (Å²) in [5, 5.41) is 10.4. The average molecular weight is 328 g/mol. The van der Waals surface area contributed by atoms with E-state index in [2.05, 4.69) is 4.67 Å². The minimum Gasteiger partial charge on any atom is -0.393 e. The van der Waals surface area contributed by atoms with Gasteiger partial charge in [-0.05, 0) is 61.0 Å². The van der Waals surface area contributed by atoms with Gasteiger partial charge in [0.15, 0.2) is 0 Å². The lowest BCUT2D eigenvalue weighted by Crippen LogP contribution is -2.43. The Labute approximate surface area is 141 Å². The maximum atomic E-state index is 14.3. The Morgan fingerprint density at radius 1 is 1.25 bits per heavy atom. The number of allylic oxidation sites excluding steroid dienone is 1. The molecule has 0 spiro atoms. The summed E-state index contributed by atoms with van der Waals surface area (Å²) in [6.45, 7) is 7.04. The van der Waals surface area contributed by atoms with Gasteiger partial charge in [0.05, 0.1) is 17.6 Å². The van der Waals surface area contributed by atoms with Gasteiger partial charge in [-0.15, -0.1) is 0 Å². The van der Waals surface area contributed by atoms with Gasteiger partial charge in [-0.2, -0.15) is 0 Å². The van der Waals surface area contributed by atoms with Crippen LogP contribution in [0.5, 0.6) is 5.75 Å². The highest BCUT2D eigenvalue weighted by atomic mass is 19.1. The first-order valence-corrected chi connectivity index (χ1v) is 8.53. The Balaban J connectivity index is 1.64. The van der Waals surface area contributed by atoms with E-state index in [-0.39, 0.29) is 5.82 Å². The zero-order chi connectivity index (χ0) is 17.3. The number of hydrogen-bond acceptors (Lipinski definition) is 2. The lowest BCUT2D eigenvalue weighted by molar-refractivity contribution is 0.00804. The third-order valence-corrected chi connectivity index (χ3v) is 5.98. The number of rotatable bonds is 3. The second-order valence-corrected chi connectivity index (χ2v) is 8.24. The Kier molecular flexibility index (Phi) is 3.13. The average Bonchev–Trinajstić information content (AvgIpc) is 2.98. The number of halogens is 1. The number of fused-ring (bicyclic) bond motifs is 3. The summed E-state index contributed by atoms with van der Waals surface area (Å²) in [4.78, 5) is 0. The fourth-order valence-corrected chi connectivity index (χ4v) is 3.57. The molecule has 0 bridgehead atoms. The van der Waals surface area contributed by atoms with E-state index >= 15 is 0 Å². The molecule has 2 unspecified atom stereocenters. The Morgan fingerprint density at radius 3 is 2.67 bits per heavy atom. The van der Waals surface area contributed by atoms with Gasteiger partial charge in [-0.1, -0.05) is 13.8 Å². The van der Waals surface area contributed by atoms with Crippen molar-refractivity contribution < 1.29 is 14.2 Å². The molecule has 3 aliphatic rings. The molecule has 126 valence electrons. The normalized spacial score (nSPS) is 24.8. The zero-order valence-electron chi connectivity index (χ0n) is 14.6. The van der Waals surface area contributed by atoms with Crippen molar-refractivity contribution in [3.8, 4) is 5.75 Å². The third kappa shape index (κ3) is 2.33. The van der Waals surface area contributed by atoms with E-state index in [9.17, 15) is 9.50 Å². The van der Waals surface area contributed by atoms with Crippen molar-refractivity contribution in [1.29, 1.82) is 0 Å². The molecule has 1 aliphatic heterocycles. The quantitative estimate of drug-likeness (QED) is 0.866. The van der Waals surface area contributed by atoms with Crippen LogP contribution in [0.25, 0.3) is 0 Å². The fourth-order valence-electron chi connectivity index (χ4n) is 3.57. The van der Waals surface area contributed by atoms with E-state index in [1.54, 1.807) is 26.0 Å². The van der Waals surface area contributed by atoms with E-state index in [0.29, 0.717) is 23.1 Å². The summed E-state index contributed by atoms with van der Waals surface area (Å²) >= 11 is 0. The molecule has 0 amide bonds. The van der Waals surface area contributed by atoms with Gasteiger partial charge in [-0.25, -0.2) is 4.39 Å². The Morgan fingerprint density at radius 2 is 2.00 bits per heavy atom. The topological polar surface area (TPSA) is 43.6 Å². The standard InChI is InChI=1S/C20H23FNO2/c1-19(2,20(3,4)23)15-10-13(5-6-16(15)21)24-17-9-12-7-11-8-14(11)18(12)22-17/h5-6,9-11,14,23H,7-8H2,1-4H3/q+1. The lowest BCUT2D eigenvalue weighted by atomic mass is 9.72. The van der Waals surface area contributed by atoms with Crippen LogP contribution < -0.4 is 9.40 Å². The molecule has 3 nitrogen and oxygen atoms in total. The molecule has 1 N–H and O–H groups in total. The van der Waals surface area contributed by atoms with E-state index < -0.39 is 11.0 Å².